The monoisotopic (exact) mass is 659 g/mol. The van der Waals surface area contributed by atoms with Crippen molar-refractivity contribution in [1.82, 2.24) is 34.5 Å². The number of rotatable bonds is 5. The average Bonchev–Trinajstić information content (AvgIpc) is 3.46. The second-order valence-electron chi connectivity index (χ2n) is 12.4. The van der Waals surface area contributed by atoms with Gasteiger partial charge in [0.1, 0.15) is 23.3 Å². The zero-order valence-corrected chi connectivity index (χ0v) is 28.3. The number of hydrogen-bond donors (Lipinski definition) is 0. The van der Waals surface area contributed by atoms with Gasteiger partial charge in [0.05, 0.1) is 40.0 Å². The molecule has 0 amide bonds. The van der Waals surface area contributed by atoms with Gasteiger partial charge in [-0.15, -0.1) is 0 Å². The Hall–Kier alpha value is -7.10. The minimum atomic E-state index is 0.533. The molecule has 5 aromatic carbocycles. The Kier molecular flexibility index (Phi) is 7.59. The smallest absolute Gasteiger partial charge is 0.165 e. The van der Waals surface area contributed by atoms with E-state index < -0.39 is 0 Å². The molecule has 0 N–H and O–H groups in total. The summed E-state index contributed by atoms with van der Waals surface area (Å²) in [6, 6.07) is 38.7. The second-order valence-corrected chi connectivity index (χ2v) is 12.4. The van der Waals surface area contributed by atoms with Crippen molar-refractivity contribution in [3.8, 4) is 62.9 Å². The summed E-state index contributed by atoms with van der Waals surface area (Å²) in [7, 11) is 0. The van der Waals surface area contributed by atoms with Crippen LogP contribution in [0.15, 0.2) is 103 Å². The third kappa shape index (κ3) is 5.73. The highest BCUT2D eigenvalue weighted by molar-refractivity contribution is 6.11. The number of fused-ring (bicyclic) bond motifs is 3. The number of hydrogen-bond acceptors (Lipinski definition) is 8. The van der Waals surface area contributed by atoms with Gasteiger partial charge in [-0.3, -0.25) is 0 Å². The molecule has 0 radical (unpaired) electrons. The molecule has 0 spiro atoms. The van der Waals surface area contributed by atoms with E-state index in [0.717, 1.165) is 60.9 Å². The summed E-state index contributed by atoms with van der Waals surface area (Å²) in [6.45, 7) is 7.45. The fourth-order valence-electron chi connectivity index (χ4n) is 6.70. The van der Waals surface area contributed by atoms with E-state index in [0.29, 0.717) is 46.1 Å². The van der Waals surface area contributed by atoms with Gasteiger partial charge >= 0.3 is 0 Å². The van der Waals surface area contributed by atoms with Crippen LogP contribution in [0.25, 0.3) is 72.5 Å². The molecule has 0 aliphatic carbocycles. The average molecular weight is 660 g/mol. The van der Waals surface area contributed by atoms with Crippen molar-refractivity contribution in [2.45, 2.75) is 27.7 Å². The second kappa shape index (κ2) is 12.4. The lowest BCUT2D eigenvalue weighted by molar-refractivity contribution is 0.924. The minimum Gasteiger partial charge on any atom is -0.308 e. The number of aromatic nitrogens is 7. The van der Waals surface area contributed by atoms with E-state index in [1.54, 1.807) is 0 Å². The molecule has 9 nitrogen and oxygen atoms in total. The lowest BCUT2D eigenvalue weighted by Crippen LogP contribution is -2.05. The Bertz CT molecular complexity index is 2630. The number of benzene rings is 5. The van der Waals surface area contributed by atoms with E-state index in [9.17, 15) is 10.5 Å². The van der Waals surface area contributed by atoms with Crippen LogP contribution in [0.4, 0.5) is 0 Å². The van der Waals surface area contributed by atoms with Crippen molar-refractivity contribution < 1.29 is 0 Å². The van der Waals surface area contributed by atoms with Gasteiger partial charge in [-0.2, -0.15) is 10.5 Å². The van der Waals surface area contributed by atoms with Crippen molar-refractivity contribution >= 4 is 21.8 Å². The zero-order valence-electron chi connectivity index (χ0n) is 28.3. The van der Waals surface area contributed by atoms with E-state index in [1.807, 2.05) is 88.4 Å². The molecule has 3 aromatic heterocycles. The van der Waals surface area contributed by atoms with Crippen LogP contribution in [-0.2, 0) is 0 Å². The molecule has 0 atom stereocenters. The molecular weight excluding hydrogens is 631 g/mol. The van der Waals surface area contributed by atoms with Crippen LogP contribution in [0, 0.1) is 50.4 Å². The van der Waals surface area contributed by atoms with Crippen molar-refractivity contribution in [3.63, 3.8) is 0 Å². The fourth-order valence-corrected chi connectivity index (χ4v) is 6.70. The first-order valence-corrected chi connectivity index (χ1v) is 16.4. The summed E-state index contributed by atoms with van der Waals surface area (Å²) >= 11 is 0. The maximum atomic E-state index is 9.63. The Morgan fingerprint density at radius 1 is 0.451 bits per heavy atom. The van der Waals surface area contributed by atoms with Gasteiger partial charge < -0.3 is 4.57 Å². The van der Waals surface area contributed by atoms with Crippen LogP contribution in [0.2, 0.25) is 0 Å². The Morgan fingerprint density at radius 2 is 0.902 bits per heavy atom. The first-order valence-electron chi connectivity index (χ1n) is 16.4. The van der Waals surface area contributed by atoms with E-state index in [-0.39, 0.29) is 0 Å². The molecule has 0 fully saturated rings. The molecule has 0 aliphatic heterocycles. The highest BCUT2D eigenvalue weighted by Gasteiger charge is 2.21. The summed E-state index contributed by atoms with van der Waals surface area (Å²) in [6.07, 6.45) is 0. The molecule has 8 rings (SSSR count). The topological polar surface area (TPSA) is 130 Å². The Morgan fingerprint density at radius 3 is 1.39 bits per heavy atom. The summed E-state index contributed by atoms with van der Waals surface area (Å²) in [5.41, 5.74) is 9.43. The van der Waals surface area contributed by atoms with Crippen LogP contribution in [0.5, 0.6) is 0 Å². The van der Waals surface area contributed by atoms with Gasteiger partial charge in [0.2, 0.25) is 0 Å². The van der Waals surface area contributed by atoms with Crippen LogP contribution in [-0.4, -0.2) is 34.5 Å². The molecule has 3 heterocycles. The maximum absolute atomic E-state index is 9.63. The molecule has 242 valence electrons. The van der Waals surface area contributed by atoms with Crippen LogP contribution in [0.1, 0.15) is 34.4 Å². The third-order valence-electron chi connectivity index (χ3n) is 8.87. The lowest BCUT2D eigenvalue weighted by atomic mass is 10.0. The molecule has 0 saturated heterocycles. The number of nitrogens with zero attached hydrogens (tertiary/aromatic N) is 9. The predicted molar refractivity (Wildman–Crippen MR) is 198 cm³/mol. The molecule has 51 heavy (non-hydrogen) atoms. The van der Waals surface area contributed by atoms with E-state index in [4.69, 9.17) is 9.97 Å². The first-order chi connectivity index (χ1) is 24.8. The van der Waals surface area contributed by atoms with Crippen LogP contribution >= 0.6 is 0 Å². The van der Waals surface area contributed by atoms with Gasteiger partial charge in [0.25, 0.3) is 0 Å². The fraction of sp³-hybridized carbons (Fsp3) is 0.0952. The third-order valence-corrected chi connectivity index (χ3v) is 8.87. The SMILES string of the molecule is Cc1nc(C)nc(-c2ccc(-n3c4cc(-c5cccc(C#N)c5)ccc4c4ccc(-c5cccc(C#N)c5)cc43)c(-c3nc(C)nc(C)n3)c2)n1. The summed E-state index contributed by atoms with van der Waals surface area (Å²) in [5, 5.41) is 21.4. The molecule has 9 heteroatoms. The van der Waals surface area contributed by atoms with E-state index in [2.05, 4.69) is 79.1 Å². The first kappa shape index (κ1) is 31.2. The lowest BCUT2D eigenvalue weighted by Gasteiger charge is -2.16. The van der Waals surface area contributed by atoms with Crippen molar-refractivity contribution in [3.05, 3.63) is 138 Å². The minimum absolute atomic E-state index is 0.533. The molecule has 0 saturated carbocycles. The van der Waals surface area contributed by atoms with Gasteiger partial charge in [0, 0.05) is 21.9 Å². The van der Waals surface area contributed by atoms with E-state index in [1.165, 1.54) is 0 Å². The Balaban J connectivity index is 1.47. The summed E-state index contributed by atoms with van der Waals surface area (Å²) < 4.78 is 2.25. The normalized spacial score (nSPS) is 11.1. The quantitative estimate of drug-likeness (QED) is 0.179. The van der Waals surface area contributed by atoms with Gasteiger partial charge in [-0.05, 0) is 105 Å². The van der Waals surface area contributed by atoms with Gasteiger partial charge in [-0.1, -0.05) is 48.5 Å². The molecule has 0 bridgehead atoms. The summed E-state index contributed by atoms with van der Waals surface area (Å²) in [5.74, 6) is 3.60. The van der Waals surface area contributed by atoms with Crippen LogP contribution in [0.3, 0.4) is 0 Å². The highest BCUT2D eigenvalue weighted by Crippen LogP contribution is 2.40. The summed E-state index contributed by atoms with van der Waals surface area (Å²) in [4.78, 5) is 27.8. The highest BCUT2D eigenvalue weighted by atomic mass is 15.0. The Labute approximate surface area is 294 Å². The molecular formula is C42H29N9. The van der Waals surface area contributed by atoms with Gasteiger partial charge in [0.15, 0.2) is 11.6 Å². The van der Waals surface area contributed by atoms with Gasteiger partial charge in [-0.25, -0.2) is 29.9 Å². The van der Waals surface area contributed by atoms with Crippen molar-refractivity contribution in [2.24, 2.45) is 0 Å². The number of aryl methyl sites for hydroxylation is 4. The maximum Gasteiger partial charge on any atom is 0.165 e. The van der Waals surface area contributed by atoms with E-state index >= 15 is 0 Å². The number of nitriles is 2. The van der Waals surface area contributed by atoms with Crippen molar-refractivity contribution in [2.75, 3.05) is 0 Å². The molecule has 8 aromatic rings. The zero-order chi connectivity index (χ0) is 35.2. The largest absolute Gasteiger partial charge is 0.308 e. The molecule has 0 unspecified atom stereocenters. The molecule has 0 aliphatic rings. The van der Waals surface area contributed by atoms with Crippen LogP contribution < -0.4 is 0 Å². The standard InChI is InChI=1S/C42H29N9/c1-24-45-25(2)48-41(47-24)34-13-16-38(37(19-34)42-49-26(3)46-27(4)50-42)51-39-20-32(30-9-5-7-28(17-30)22-43)11-14-35(39)36-15-12-33(21-40(36)51)31-10-6-8-29(18-31)23-44/h5-21H,1-4H3. The van der Waals surface area contributed by atoms with Crippen molar-refractivity contribution in [1.29, 1.82) is 10.5 Å². The predicted octanol–water partition coefficient (Wildman–Crippen LogP) is 8.80.